The summed E-state index contributed by atoms with van der Waals surface area (Å²) in [6, 6.07) is 0. The van der Waals surface area contributed by atoms with E-state index >= 15 is 0 Å². The van der Waals surface area contributed by atoms with Gasteiger partial charge in [0, 0.05) is 7.11 Å². The highest BCUT2D eigenvalue weighted by Gasteiger charge is 2.11. The number of hydrogen-bond acceptors (Lipinski definition) is 3. The first-order valence-electron chi connectivity index (χ1n) is 5.07. The van der Waals surface area contributed by atoms with Gasteiger partial charge in [-0.3, -0.25) is 4.68 Å². The van der Waals surface area contributed by atoms with E-state index in [2.05, 4.69) is 18.9 Å². The molecular formula is C10H19N3O. The number of nitrogens with zero attached hydrogens (tertiary/aromatic N) is 2. The monoisotopic (exact) mass is 197 g/mol. The number of rotatable bonds is 5. The van der Waals surface area contributed by atoms with E-state index in [1.54, 1.807) is 7.11 Å². The maximum Gasteiger partial charge on any atom is 0.0854 e. The molecule has 80 valence electrons. The Morgan fingerprint density at radius 1 is 1.36 bits per heavy atom. The summed E-state index contributed by atoms with van der Waals surface area (Å²) in [7, 11) is 1.69. The second-order valence-electron chi connectivity index (χ2n) is 3.23. The average Bonchev–Trinajstić information content (AvgIpc) is 2.51. The fraction of sp³-hybridized carbons (Fsp3) is 0.700. The van der Waals surface area contributed by atoms with Crippen LogP contribution in [0.25, 0.3) is 0 Å². The molecule has 2 N–H and O–H groups in total. The summed E-state index contributed by atoms with van der Waals surface area (Å²) in [4.78, 5) is 0. The van der Waals surface area contributed by atoms with Crippen molar-refractivity contribution >= 4 is 5.69 Å². The highest BCUT2D eigenvalue weighted by atomic mass is 16.5. The fourth-order valence-electron chi connectivity index (χ4n) is 1.56. The first kappa shape index (κ1) is 11.0. The van der Waals surface area contributed by atoms with Gasteiger partial charge in [-0.2, -0.15) is 5.10 Å². The van der Waals surface area contributed by atoms with E-state index in [1.165, 1.54) is 0 Å². The third-order valence-corrected chi connectivity index (χ3v) is 2.35. The van der Waals surface area contributed by atoms with E-state index < -0.39 is 0 Å². The fourth-order valence-corrected chi connectivity index (χ4v) is 1.56. The molecular weight excluding hydrogens is 178 g/mol. The molecule has 0 aromatic carbocycles. The lowest BCUT2D eigenvalue weighted by Gasteiger charge is -2.04. The largest absolute Gasteiger partial charge is 0.396 e. The van der Waals surface area contributed by atoms with Crippen molar-refractivity contribution in [2.75, 3.05) is 19.5 Å². The summed E-state index contributed by atoms with van der Waals surface area (Å²) in [5.74, 6) is 0. The van der Waals surface area contributed by atoms with Gasteiger partial charge in [0.2, 0.25) is 0 Å². The Morgan fingerprint density at radius 2 is 2.07 bits per heavy atom. The summed E-state index contributed by atoms with van der Waals surface area (Å²) in [6.07, 6.45) is 1.81. The molecule has 0 atom stereocenters. The molecule has 0 fully saturated rings. The van der Waals surface area contributed by atoms with Crippen molar-refractivity contribution < 1.29 is 4.74 Å². The summed E-state index contributed by atoms with van der Waals surface area (Å²) in [5, 5.41) is 4.45. The normalized spacial score (nSPS) is 10.8. The molecule has 0 aliphatic rings. The van der Waals surface area contributed by atoms with Gasteiger partial charge in [0.25, 0.3) is 0 Å². The van der Waals surface area contributed by atoms with E-state index in [0.717, 1.165) is 36.5 Å². The summed E-state index contributed by atoms with van der Waals surface area (Å²) >= 11 is 0. The average molecular weight is 197 g/mol. The van der Waals surface area contributed by atoms with Gasteiger partial charge < -0.3 is 10.5 Å². The highest BCUT2D eigenvalue weighted by Crippen LogP contribution is 2.18. The maximum absolute atomic E-state index is 5.97. The van der Waals surface area contributed by atoms with Crippen LogP contribution in [0.3, 0.4) is 0 Å². The van der Waals surface area contributed by atoms with Crippen LogP contribution in [-0.2, 0) is 24.1 Å². The molecule has 1 aromatic heterocycles. The van der Waals surface area contributed by atoms with Gasteiger partial charge in [0.05, 0.1) is 30.2 Å². The molecule has 0 saturated carbocycles. The molecule has 1 rings (SSSR count). The lowest BCUT2D eigenvalue weighted by atomic mass is 10.2. The van der Waals surface area contributed by atoms with E-state index in [4.69, 9.17) is 10.5 Å². The molecule has 0 saturated heterocycles. The van der Waals surface area contributed by atoms with Gasteiger partial charge in [-0.25, -0.2) is 0 Å². The minimum atomic E-state index is 0.678. The number of nitrogen functional groups attached to an aromatic ring is 1. The molecule has 14 heavy (non-hydrogen) atoms. The third kappa shape index (κ3) is 2.07. The topological polar surface area (TPSA) is 53.1 Å². The molecule has 0 amide bonds. The Morgan fingerprint density at radius 3 is 2.57 bits per heavy atom. The van der Waals surface area contributed by atoms with Crippen LogP contribution < -0.4 is 5.73 Å². The van der Waals surface area contributed by atoms with Gasteiger partial charge in [-0.05, 0) is 12.8 Å². The number of ether oxygens (including phenoxy) is 1. The number of aryl methyl sites for hydroxylation is 1. The number of methoxy groups -OCH3 is 1. The molecule has 0 aliphatic carbocycles. The second kappa shape index (κ2) is 5.00. The Hall–Kier alpha value is -1.03. The second-order valence-corrected chi connectivity index (χ2v) is 3.23. The van der Waals surface area contributed by atoms with Gasteiger partial charge in [-0.1, -0.05) is 13.8 Å². The van der Waals surface area contributed by atoms with Crippen LogP contribution in [0.2, 0.25) is 0 Å². The van der Waals surface area contributed by atoms with Crippen LogP contribution in [0.1, 0.15) is 25.2 Å². The molecule has 0 radical (unpaired) electrons. The van der Waals surface area contributed by atoms with Gasteiger partial charge in [0.1, 0.15) is 0 Å². The molecule has 0 unspecified atom stereocenters. The Balaban J connectivity index is 2.90. The quantitative estimate of drug-likeness (QED) is 0.772. The van der Waals surface area contributed by atoms with Crippen LogP contribution in [0, 0.1) is 0 Å². The van der Waals surface area contributed by atoms with Crippen molar-refractivity contribution in [2.24, 2.45) is 0 Å². The Labute approximate surface area is 85.0 Å². The van der Waals surface area contributed by atoms with Gasteiger partial charge in [-0.15, -0.1) is 0 Å². The number of anilines is 1. The first-order chi connectivity index (χ1) is 6.74. The van der Waals surface area contributed by atoms with Crippen LogP contribution in [0.15, 0.2) is 0 Å². The van der Waals surface area contributed by atoms with Gasteiger partial charge >= 0.3 is 0 Å². The number of hydrogen-bond donors (Lipinski definition) is 1. The lowest BCUT2D eigenvalue weighted by molar-refractivity contribution is 0.182. The molecule has 1 heterocycles. The van der Waals surface area contributed by atoms with Crippen molar-refractivity contribution in [3.63, 3.8) is 0 Å². The molecule has 0 spiro atoms. The number of aromatic nitrogens is 2. The highest BCUT2D eigenvalue weighted by molar-refractivity contribution is 5.48. The van der Waals surface area contributed by atoms with Crippen molar-refractivity contribution in [1.82, 2.24) is 9.78 Å². The van der Waals surface area contributed by atoms with Crippen LogP contribution in [-0.4, -0.2) is 23.5 Å². The Kier molecular flexibility index (Phi) is 3.95. The summed E-state index contributed by atoms with van der Waals surface area (Å²) < 4.78 is 6.98. The van der Waals surface area contributed by atoms with Crippen molar-refractivity contribution in [2.45, 2.75) is 33.2 Å². The minimum absolute atomic E-state index is 0.678. The predicted molar refractivity (Wildman–Crippen MR) is 57.3 cm³/mol. The third-order valence-electron chi connectivity index (χ3n) is 2.35. The zero-order chi connectivity index (χ0) is 10.6. The van der Waals surface area contributed by atoms with Crippen LogP contribution >= 0.6 is 0 Å². The molecule has 4 nitrogen and oxygen atoms in total. The van der Waals surface area contributed by atoms with Crippen LogP contribution in [0.4, 0.5) is 5.69 Å². The Bertz CT molecular complexity index is 294. The van der Waals surface area contributed by atoms with Gasteiger partial charge in [0.15, 0.2) is 0 Å². The molecule has 4 heteroatoms. The zero-order valence-electron chi connectivity index (χ0n) is 9.21. The minimum Gasteiger partial charge on any atom is -0.396 e. The van der Waals surface area contributed by atoms with Crippen molar-refractivity contribution in [3.8, 4) is 0 Å². The van der Waals surface area contributed by atoms with Crippen molar-refractivity contribution in [1.29, 1.82) is 0 Å². The smallest absolute Gasteiger partial charge is 0.0854 e. The standard InChI is InChI=1S/C10H19N3O/c1-4-8-10(11)9(5-2)13(12-8)6-7-14-3/h4-7,11H2,1-3H3. The lowest BCUT2D eigenvalue weighted by Crippen LogP contribution is -2.09. The zero-order valence-corrected chi connectivity index (χ0v) is 9.21. The van der Waals surface area contributed by atoms with Crippen molar-refractivity contribution in [3.05, 3.63) is 11.4 Å². The summed E-state index contributed by atoms with van der Waals surface area (Å²) in [6.45, 7) is 5.62. The molecule has 1 aromatic rings. The van der Waals surface area contributed by atoms with E-state index in [-0.39, 0.29) is 0 Å². The van der Waals surface area contributed by atoms with E-state index in [9.17, 15) is 0 Å². The van der Waals surface area contributed by atoms with Crippen LogP contribution in [0.5, 0.6) is 0 Å². The summed E-state index contributed by atoms with van der Waals surface area (Å²) in [5.41, 5.74) is 8.95. The van der Waals surface area contributed by atoms with E-state index in [1.807, 2.05) is 4.68 Å². The molecule has 0 bridgehead atoms. The molecule has 0 aliphatic heterocycles. The maximum atomic E-state index is 5.97. The first-order valence-corrected chi connectivity index (χ1v) is 5.07. The van der Waals surface area contributed by atoms with E-state index in [0.29, 0.717) is 6.61 Å². The SMILES string of the molecule is CCc1nn(CCOC)c(CC)c1N. The predicted octanol–water partition coefficient (Wildman–Crippen LogP) is 1.24. The number of nitrogens with two attached hydrogens (primary N) is 1.